The zero-order valence-electron chi connectivity index (χ0n) is 28.3. The summed E-state index contributed by atoms with van der Waals surface area (Å²) in [5, 5.41) is 20.1. The highest BCUT2D eigenvalue weighted by Gasteiger charge is 2.42. The summed E-state index contributed by atoms with van der Waals surface area (Å²) in [6, 6.07) is 7.74. The SMILES string of the molecule is COCC(C)COc1nn([C@H]2CC[C@H](N3[C@@H]4CC[C@H]3COC4)CC2)cc1Nc1ncc(-c2ccc(Cl)c(O[C@@H](C)Cn3cnnn3)c2)cn1. The molecule has 1 aromatic carbocycles. The average molecular weight is 693 g/mol. The number of morpholine rings is 1. The third kappa shape index (κ3) is 7.98. The smallest absolute Gasteiger partial charge is 0.256 e. The summed E-state index contributed by atoms with van der Waals surface area (Å²) in [4.78, 5) is 12.0. The molecule has 1 N–H and O–H groups in total. The molecule has 0 spiro atoms. The van der Waals surface area contributed by atoms with E-state index in [9.17, 15) is 0 Å². The Hall–Kier alpha value is -3.85. The molecule has 5 heterocycles. The average Bonchev–Trinajstić information content (AvgIpc) is 3.83. The Bertz CT molecular complexity index is 1630. The molecule has 3 aromatic heterocycles. The Labute approximate surface area is 291 Å². The summed E-state index contributed by atoms with van der Waals surface area (Å²) in [5.41, 5.74) is 2.45. The number of anilines is 2. The second kappa shape index (κ2) is 15.4. The number of tetrazole rings is 1. The molecular weight excluding hydrogens is 648 g/mol. The lowest BCUT2D eigenvalue weighted by Crippen LogP contribution is -2.52. The van der Waals surface area contributed by atoms with E-state index >= 15 is 0 Å². The van der Waals surface area contributed by atoms with Crippen LogP contribution in [0.5, 0.6) is 11.6 Å². The largest absolute Gasteiger partial charge is 0.487 e. The minimum absolute atomic E-state index is 0.205. The second-order valence-corrected chi connectivity index (χ2v) is 14.0. The number of benzene rings is 1. The number of methoxy groups -OCH3 is 1. The van der Waals surface area contributed by atoms with Gasteiger partial charge in [-0.05, 0) is 73.6 Å². The van der Waals surface area contributed by atoms with E-state index < -0.39 is 0 Å². The van der Waals surface area contributed by atoms with Crippen LogP contribution in [0.4, 0.5) is 11.6 Å². The van der Waals surface area contributed by atoms with Crippen molar-refractivity contribution in [3.8, 4) is 22.8 Å². The lowest BCUT2D eigenvalue weighted by Gasteiger charge is -2.43. The number of nitrogens with zero attached hydrogens (tertiary/aromatic N) is 9. The van der Waals surface area contributed by atoms with E-state index in [0.717, 1.165) is 42.9 Å². The molecule has 2 saturated heterocycles. The van der Waals surface area contributed by atoms with Crippen LogP contribution in [-0.4, -0.2) is 103 Å². The summed E-state index contributed by atoms with van der Waals surface area (Å²) in [7, 11) is 1.70. The molecule has 0 amide bonds. The predicted octanol–water partition coefficient (Wildman–Crippen LogP) is 5.20. The number of halogens is 1. The number of rotatable bonds is 14. The fraction of sp³-hybridized carbons (Fsp3) is 0.588. The van der Waals surface area contributed by atoms with Gasteiger partial charge in [-0.3, -0.25) is 9.58 Å². The molecule has 49 heavy (non-hydrogen) atoms. The standard InChI is InChI=1S/C34H45ClN10O4/c1-22(17-46-3)18-48-33-31(16-44(40-33)26-5-7-27(8-6-26)45-28-9-10-29(45)20-47-19-28)39-34-36-13-25(14-37-34)24-4-11-30(35)32(12-24)49-23(2)15-43-21-38-41-42-43/h4,11-14,16,21-23,26-29H,5-10,15,17-20H2,1-3H3,(H,36,37,39)/t22?,23-,26-,27-,28-,29+/m0/s1. The van der Waals surface area contributed by atoms with Crippen molar-refractivity contribution in [2.24, 2.45) is 5.92 Å². The van der Waals surface area contributed by atoms with Crippen LogP contribution in [0.1, 0.15) is 58.4 Å². The monoisotopic (exact) mass is 692 g/mol. The van der Waals surface area contributed by atoms with Crippen molar-refractivity contribution < 1.29 is 18.9 Å². The maximum Gasteiger partial charge on any atom is 0.256 e. The van der Waals surface area contributed by atoms with Gasteiger partial charge in [0.05, 0.1) is 50.2 Å². The van der Waals surface area contributed by atoms with Gasteiger partial charge in [0.1, 0.15) is 23.9 Å². The molecule has 3 aliphatic rings. The van der Waals surface area contributed by atoms with Gasteiger partial charge in [-0.15, -0.1) is 10.2 Å². The Morgan fingerprint density at radius 2 is 1.69 bits per heavy atom. The molecule has 262 valence electrons. The summed E-state index contributed by atoms with van der Waals surface area (Å²) < 4.78 is 27.2. The van der Waals surface area contributed by atoms with Gasteiger partial charge in [0.15, 0.2) is 0 Å². The van der Waals surface area contributed by atoms with Crippen LogP contribution < -0.4 is 14.8 Å². The highest BCUT2D eigenvalue weighted by molar-refractivity contribution is 6.32. The Morgan fingerprint density at radius 3 is 2.41 bits per heavy atom. The van der Waals surface area contributed by atoms with Crippen LogP contribution in [0, 0.1) is 5.92 Å². The molecule has 1 unspecified atom stereocenters. The van der Waals surface area contributed by atoms with E-state index in [4.69, 9.17) is 35.6 Å². The van der Waals surface area contributed by atoms with Crippen LogP contribution >= 0.6 is 11.6 Å². The molecule has 3 fully saturated rings. The second-order valence-electron chi connectivity index (χ2n) is 13.6. The van der Waals surface area contributed by atoms with Crippen LogP contribution in [0.2, 0.25) is 5.02 Å². The van der Waals surface area contributed by atoms with Crippen molar-refractivity contribution in [3.63, 3.8) is 0 Å². The van der Waals surface area contributed by atoms with Gasteiger partial charge < -0.3 is 24.3 Å². The van der Waals surface area contributed by atoms with E-state index in [1.807, 2.05) is 31.3 Å². The first kappa shape index (κ1) is 33.6. The highest BCUT2D eigenvalue weighted by atomic mass is 35.5. The van der Waals surface area contributed by atoms with Gasteiger partial charge in [0, 0.05) is 49.1 Å². The molecule has 15 heteroatoms. The molecular formula is C34H45ClN10O4. The van der Waals surface area contributed by atoms with Crippen LogP contribution in [0.3, 0.4) is 0 Å². The zero-order valence-corrected chi connectivity index (χ0v) is 29.1. The number of fused-ring (bicyclic) bond motifs is 2. The maximum atomic E-state index is 6.47. The number of ether oxygens (including phenoxy) is 4. The van der Waals surface area contributed by atoms with Crippen molar-refractivity contribution >= 4 is 23.2 Å². The van der Waals surface area contributed by atoms with Gasteiger partial charge in [-0.2, -0.15) is 0 Å². The van der Waals surface area contributed by atoms with Crippen molar-refractivity contribution in [3.05, 3.63) is 48.1 Å². The summed E-state index contributed by atoms with van der Waals surface area (Å²) in [6.07, 6.45) is 14.0. The first-order valence-electron chi connectivity index (χ1n) is 17.3. The van der Waals surface area contributed by atoms with Gasteiger partial charge in [0.2, 0.25) is 5.95 Å². The molecule has 7 rings (SSSR count). The first-order chi connectivity index (χ1) is 23.9. The maximum absolute atomic E-state index is 6.47. The number of hydrogen-bond donors (Lipinski definition) is 1. The third-order valence-electron chi connectivity index (χ3n) is 9.74. The Balaban J connectivity index is 1.02. The van der Waals surface area contributed by atoms with Crippen LogP contribution in [-0.2, 0) is 16.0 Å². The van der Waals surface area contributed by atoms with E-state index in [1.54, 1.807) is 30.5 Å². The van der Waals surface area contributed by atoms with Crippen molar-refractivity contribution in [1.82, 2.24) is 44.9 Å². The zero-order chi connectivity index (χ0) is 33.7. The summed E-state index contributed by atoms with van der Waals surface area (Å²) in [5.74, 6) is 1.77. The topological polar surface area (TPSA) is 139 Å². The van der Waals surface area contributed by atoms with Gasteiger partial charge >= 0.3 is 0 Å². The van der Waals surface area contributed by atoms with Crippen LogP contribution in [0.25, 0.3) is 11.1 Å². The van der Waals surface area contributed by atoms with E-state index in [-0.39, 0.29) is 12.0 Å². The van der Waals surface area contributed by atoms with Crippen molar-refractivity contribution in [2.75, 3.05) is 38.9 Å². The van der Waals surface area contributed by atoms with Crippen molar-refractivity contribution in [1.29, 1.82) is 0 Å². The normalized spacial score (nSPS) is 23.7. The van der Waals surface area contributed by atoms with Gasteiger partial charge in [-0.25, -0.2) is 14.6 Å². The fourth-order valence-electron chi connectivity index (χ4n) is 7.40. The minimum atomic E-state index is -0.205. The lowest BCUT2D eigenvalue weighted by molar-refractivity contribution is -0.0458. The van der Waals surface area contributed by atoms with Gasteiger partial charge in [0.25, 0.3) is 5.88 Å². The first-order valence-corrected chi connectivity index (χ1v) is 17.6. The fourth-order valence-corrected chi connectivity index (χ4v) is 7.56. The Morgan fingerprint density at radius 1 is 0.959 bits per heavy atom. The molecule has 2 aliphatic heterocycles. The minimum Gasteiger partial charge on any atom is -0.487 e. The molecule has 1 aliphatic carbocycles. The van der Waals surface area contributed by atoms with E-state index in [2.05, 4.69) is 47.3 Å². The van der Waals surface area contributed by atoms with E-state index in [1.165, 1.54) is 25.7 Å². The summed E-state index contributed by atoms with van der Waals surface area (Å²) in [6.45, 7) is 7.38. The molecule has 1 saturated carbocycles. The molecule has 0 radical (unpaired) electrons. The highest BCUT2D eigenvalue weighted by Crippen LogP contribution is 2.40. The van der Waals surface area contributed by atoms with E-state index in [0.29, 0.717) is 66.5 Å². The summed E-state index contributed by atoms with van der Waals surface area (Å²) >= 11 is 6.47. The number of hydrogen-bond acceptors (Lipinski definition) is 12. The third-order valence-corrected chi connectivity index (χ3v) is 10.1. The molecule has 14 nitrogen and oxygen atoms in total. The molecule has 4 aromatic rings. The number of nitrogens with one attached hydrogen (secondary N) is 1. The number of aromatic nitrogens is 8. The van der Waals surface area contributed by atoms with Crippen LogP contribution in [0.15, 0.2) is 43.1 Å². The van der Waals surface area contributed by atoms with Gasteiger partial charge in [-0.1, -0.05) is 24.6 Å². The van der Waals surface area contributed by atoms with Crippen molar-refractivity contribution in [2.45, 2.75) is 89.2 Å². The lowest BCUT2D eigenvalue weighted by atomic mass is 9.89. The quantitative estimate of drug-likeness (QED) is 0.186. The Kier molecular flexibility index (Phi) is 10.5. The predicted molar refractivity (Wildman–Crippen MR) is 183 cm³/mol. The molecule has 2 bridgehead atoms. The molecule has 4 atom stereocenters.